The summed E-state index contributed by atoms with van der Waals surface area (Å²) in [6.45, 7) is 3.81. The van der Waals surface area contributed by atoms with Crippen LogP contribution in [-0.4, -0.2) is 104 Å². The SMILES string of the molecule is C[C@@H]1CN(C(=O)CN2CN(c3ccccc3)C3(CCN(C(=O)c4cnc5[nH]ncc5c4)CC3)C2=O)C[C@@H]1O. The molecule has 3 aliphatic rings. The number of β-amino-alcohol motifs (C(OH)–C–C–N with tert-alkyl or cyclic N) is 1. The number of H-pyrrole nitrogens is 1. The molecule has 5 heterocycles. The third-order valence-corrected chi connectivity index (χ3v) is 8.25. The molecule has 1 spiro atoms. The van der Waals surface area contributed by atoms with Crippen molar-refractivity contribution < 1.29 is 19.5 Å². The highest BCUT2D eigenvalue weighted by molar-refractivity contribution is 5.98. The van der Waals surface area contributed by atoms with Crippen molar-refractivity contribution in [1.29, 1.82) is 0 Å². The molecule has 2 atom stereocenters. The second kappa shape index (κ2) is 9.39. The van der Waals surface area contributed by atoms with E-state index in [1.54, 1.807) is 33.2 Å². The fraction of sp³-hybridized carbons (Fsp3) is 0.444. The zero-order chi connectivity index (χ0) is 26.4. The number of hydrogen-bond acceptors (Lipinski definition) is 7. The number of nitrogens with one attached hydrogen (secondary N) is 1. The van der Waals surface area contributed by atoms with Gasteiger partial charge in [-0.3, -0.25) is 19.5 Å². The van der Waals surface area contributed by atoms with Crippen LogP contribution in [0.2, 0.25) is 0 Å². The Balaban J connectivity index is 1.21. The lowest BCUT2D eigenvalue weighted by Gasteiger charge is -2.43. The Labute approximate surface area is 220 Å². The van der Waals surface area contributed by atoms with Gasteiger partial charge in [0.25, 0.3) is 11.8 Å². The molecule has 2 aromatic heterocycles. The Bertz CT molecular complexity index is 1360. The number of aliphatic hydroxyl groups excluding tert-OH is 1. The monoisotopic (exact) mass is 517 g/mol. The maximum atomic E-state index is 13.9. The lowest BCUT2D eigenvalue weighted by Crippen LogP contribution is -2.57. The van der Waals surface area contributed by atoms with Gasteiger partial charge in [-0.1, -0.05) is 25.1 Å². The van der Waals surface area contributed by atoms with Crippen LogP contribution in [-0.2, 0) is 9.59 Å². The number of anilines is 1. The van der Waals surface area contributed by atoms with Crippen molar-refractivity contribution in [3.05, 3.63) is 54.4 Å². The molecule has 6 rings (SSSR count). The van der Waals surface area contributed by atoms with Crippen molar-refractivity contribution >= 4 is 34.4 Å². The van der Waals surface area contributed by atoms with Gasteiger partial charge in [-0.2, -0.15) is 5.10 Å². The number of amides is 3. The lowest BCUT2D eigenvalue weighted by atomic mass is 9.85. The van der Waals surface area contributed by atoms with Gasteiger partial charge < -0.3 is 24.7 Å². The van der Waals surface area contributed by atoms with Gasteiger partial charge in [-0.25, -0.2) is 4.98 Å². The predicted octanol–water partition coefficient (Wildman–Crippen LogP) is 1.08. The zero-order valence-corrected chi connectivity index (χ0v) is 21.3. The number of piperidine rings is 1. The van der Waals surface area contributed by atoms with E-state index in [9.17, 15) is 19.5 Å². The van der Waals surface area contributed by atoms with Crippen LogP contribution in [0.4, 0.5) is 5.69 Å². The van der Waals surface area contributed by atoms with Crippen LogP contribution in [0.5, 0.6) is 0 Å². The Kier molecular flexibility index (Phi) is 6.02. The molecular weight excluding hydrogens is 486 g/mol. The van der Waals surface area contributed by atoms with E-state index in [2.05, 4.69) is 20.1 Å². The summed E-state index contributed by atoms with van der Waals surface area (Å²) in [5, 5.41) is 17.6. The van der Waals surface area contributed by atoms with Crippen LogP contribution < -0.4 is 4.90 Å². The molecule has 1 aromatic carbocycles. The first kappa shape index (κ1) is 24.4. The van der Waals surface area contributed by atoms with Crippen molar-refractivity contribution in [3.8, 4) is 0 Å². The van der Waals surface area contributed by atoms with Crippen LogP contribution >= 0.6 is 0 Å². The van der Waals surface area contributed by atoms with Crippen molar-refractivity contribution in [2.24, 2.45) is 5.92 Å². The minimum Gasteiger partial charge on any atom is -0.391 e. The summed E-state index contributed by atoms with van der Waals surface area (Å²) in [4.78, 5) is 51.7. The minimum atomic E-state index is -0.830. The van der Waals surface area contributed by atoms with E-state index in [0.717, 1.165) is 11.1 Å². The topological polar surface area (TPSA) is 126 Å². The van der Waals surface area contributed by atoms with Gasteiger partial charge >= 0.3 is 0 Å². The summed E-state index contributed by atoms with van der Waals surface area (Å²) in [6, 6.07) is 11.5. The van der Waals surface area contributed by atoms with Gasteiger partial charge in [0.1, 0.15) is 12.1 Å². The summed E-state index contributed by atoms with van der Waals surface area (Å²) in [6.07, 6.45) is 3.56. The Morgan fingerprint density at radius 3 is 2.58 bits per heavy atom. The number of carbonyl (C=O) groups is 3. The highest BCUT2D eigenvalue weighted by Gasteiger charge is 2.54. The summed E-state index contributed by atoms with van der Waals surface area (Å²) < 4.78 is 0. The highest BCUT2D eigenvalue weighted by Crippen LogP contribution is 2.40. The third kappa shape index (κ3) is 4.07. The normalized spacial score (nSPS) is 23.2. The van der Waals surface area contributed by atoms with Crippen LogP contribution in [0.3, 0.4) is 0 Å². The molecule has 0 bridgehead atoms. The number of aromatic amines is 1. The molecule has 11 nitrogen and oxygen atoms in total. The van der Waals surface area contributed by atoms with Crippen LogP contribution in [0.25, 0.3) is 11.0 Å². The average molecular weight is 518 g/mol. The van der Waals surface area contributed by atoms with Gasteiger partial charge in [-0.05, 0) is 31.0 Å². The zero-order valence-electron chi connectivity index (χ0n) is 21.3. The third-order valence-electron chi connectivity index (χ3n) is 8.25. The molecule has 0 saturated carbocycles. The van der Waals surface area contributed by atoms with Gasteiger partial charge in [0.2, 0.25) is 5.91 Å². The first-order valence-electron chi connectivity index (χ1n) is 13.0. The number of benzene rings is 1. The van der Waals surface area contributed by atoms with Crippen molar-refractivity contribution in [2.45, 2.75) is 31.4 Å². The fourth-order valence-electron chi connectivity index (χ4n) is 5.95. The standard InChI is InChI=1S/C27H31N7O4/c1-18-14-32(15-22(18)35)23(36)16-33-17-34(21-5-3-2-4-6-21)27(26(33)38)7-9-31(10-8-27)25(37)20-11-19-13-29-30-24(19)28-12-20/h2-6,11-13,18,22,35H,7-10,14-17H2,1H3,(H,28,29,30)/t18-,22+/m1/s1. The molecular formula is C27H31N7O4. The smallest absolute Gasteiger partial charge is 0.255 e. The molecule has 3 saturated heterocycles. The molecule has 0 unspecified atom stereocenters. The molecule has 3 aromatic rings. The molecule has 198 valence electrons. The van der Waals surface area contributed by atoms with Crippen molar-refractivity contribution in [3.63, 3.8) is 0 Å². The summed E-state index contributed by atoms with van der Waals surface area (Å²) in [5.41, 5.74) is 1.20. The number of pyridine rings is 1. The number of rotatable bonds is 4. The largest absolute Gasteiger partial charge is 0.391 e. The first-order valence-corrected chi connectivity index (χ1v) is 13.0. The van der Waals surface area contributed by atoms with E-state index < -0.39 is 11.6 Å². The summed E-state index contributed by atoms with van der Waals surface area (Å²) >= 11 is 0. The summed E-state index contributed by atoms with van der Waals surface area (Å²) in [7, 11) is 0. The molecule has 3 aliphatic heterocycles. The Morgan fingerprint density at radius 2 is 1.87 bits per heavy atom. The second-order valence-electron chi connectivity index (χ2n) is 10.6. The van der Waals surface area contributed by atoms with Gasteiger partial charge in [0.05, 0.1) is 24.5 Å². The number of fused-ring (bicyclic) bond motifs is 1. The molecule has 11 heteroatoms. The second-order valence-corrected chi connectivity index (χ2v) is 10.6. The van der Waals surface area contributed by atoms with Gasteiger partial charge in [0.15, 0.2) is 5.65 Å². The van der Waals surface area contributed by atoms with Gasteiger partial charge in [0, 0.05) is 49.4 Å². The Morgan fingerprint density at radius 1 is 1.11 bits per heavy atom. The Hall–Kier alpha value is -3.99. The quantitative estimate of drug-likeness (QED) is 0.530. The van der Waals surface area contributed by atoms with E-state index >= 15 is 0 Å². The fourth-order valence-corrected chi connectivity index (χ4v) is 5.95. The number of aromatic nitrogens is 3. The minimum absolute atomic E-state index is 0.0201. The molecule has 38 heavy (non-hydrogen) atoms. The number of aliphatic hydroxyl groups is 1. The van der Waals surface area contributed by atoms with Crippen molar-refractivity contribution in [2.75, 3.05) is 44.3 Å². The number of nitrogens with zero attached hydrogens (tertiary/aromatic N) is 6. The lowest BCUT2D eigenvalue weighted by molar-refractivity contribution is -0.140. The van der Waals surface area contributed by atoms with E-state index in [4.69, 9.17) is 0 Å². The van der Waals surface area contributed by atoms with E-state index in [1.165, 1.54) is 0 Å². The maximum Gasteiger partial charge on any atom is 0.255 e. The number of para-hydroxylation sites is 1. The van der Waals surface area contributed by atoms with E-state index in [0.29, 0.717) is 56.9 Å². The first-order chi connectivity index (χ1) is 18.4. The van der Waals surface area contributed by atoms with Crippen LogP contribution in [0, 0.1) is 5.92 Å². The maximum absolute atomic E-state index is 13.9. The van der Waals surface area contributed by atoms with Gasteiger partial charge in [-0.15, -0.1) is 0 Å². The van der Waals surface area contributed by atoms with Crippen LogP contribution in [0.1, 0.15) is 30.1 Å². The molecule has 3 amide bonds. The highest BCUT2D eigenvalue weighted by atomic mass is 16.3. The number of carbonyl (C=O) groups excluding carboxylic acids is 3. The molecule has 0 aliphatic carbocycles. The van der Waals surface area contributed by atoms with Crippen molar-refractivity contribution in [1.82, 2.24) is 29.9 Å². The van der Waals surface area contributed by atoms with Crippen LogP contribution in [0.15, 0.2) is 48.8 Å². The molecule has 0 radical (unpaired) electrons. The number of likely N-dealkylation sites (tertiary alicyclic amines) is 2. The molecule has 2 N–H and O–H groups in total. The average Bonchev–Trinajstić information content (AvgIpc) is 3.62. The summed E-state index contributed by atoms with van der Waals surface area (Å²) in [5.74, 6) is -0.342. The number of hydrogen-bond donors (Lipinski definition) is 2. The van der Waals surface area contributed by atoms with E-state index in [-0.39, 0.29) is 30.2 Å². The van der Waals surface area contributed by atoms with E-state index in [1.807, 2.05) is 37.3 Å². The predicted molar refractivity (Wildman–Crippen MR) is 139 cm³/mol. The molecule has 3 fully saturated rings.